The van der Waals surface area contributed by atoms with E-state index in [4.69, 9.17) is 0 Å². The quantitative estimate of drug-likeness (QED) is 0.801. The maximum absolute atomic E-state index is 11.1. The van der Waals surface area contributed by atoms with Crippen molar-refractivity contribution in [2.45, 2.75) is 20.3 Å². The number of halogens is 1. The number of nitrogens with one attached hydrogen (secondary N) is 1. The number of aromatic hydroxyl groups is 1. The van der Waals surface area contributed by atoms with Crippen molar-refractivity contribution < 1.29 is 9.90 Å². The molecule has 0 spiro atoms. The maximum Gasteiger partial charge on any atom is 0.224 e. The molecule has 0 fully saturated rings. The molecule has 1 rings (SSSR count). The van der Waals surface area contributed by atoms with Crippen molar-refractivity contribution in [3.8, 4) is 5.75 Å². The Hall–Kier alpha value is -1.03. The number of amides is 1. The van der Waals surface area contributed by atoms with Gasteiger partial charge < -0.3 is 10.4 Å². The molecular formula is C10H12BrNO2. The molecule has 14 heavy (non-hydrogen) atoms. The third-order valence-corrected chi connectivity index (χ3v) is 2.46. The van der Waals surface area contributed by atoms with E-state index < -0.39 is 0 Å². The molecule has 0 radical (unpaired) electrons. The highest BCUT2D eigenvalue weighted by atomic mass is 79.9. The van der Waals surface area contributed by atoms with Crippen LogP contribution in [0.25, 0.3) is 0 Å². The van der Waals surface area contributed by atoms with Crippen molar-refractivity contribution in [2.75, 3.05) is 5.32 Å². The number of hydrogen-bond donors (Lipinski definition) is 2. The van der Waals surface area contributed by atoms with Crippen LogP contribution in [0.5, 0.6) is 5.75 Å². The van der Waals surface area contributed by atoms with Gasteiger partial charge >= 0.3 is 0 Å². The van der Waals surface area contributed by atoms with Crippen LogP contribution in [-0.4, -0.2) is 11.0 Å². The van der Waals surface area contributed by atoms with Crippen molar-refractivity contribution in [3.05, 3.63) is 22.2 Å². The number of benzene rings is 1. The standard InChI is InChI=1S/C10H12BrNO2/c1-3-9(13)12-7-4-6(2)10(14)8(11)5-7/h4-5,14H,3H2,1-2H3,(H,12,13). The molecule has 1 amide bonds. The molecule has 0 heterocycles. The largest absolute Gasteiger partial charge is 0.506 e. The third kappa shape index (κ3) is 2.48. The Labute approximate surface area is 91.3 Å². The average molecular weight is 258 g/mol. The molecule has 3 nitrogen and oxygen atoms in total. The monoisotopic (exact) mass is 257 g/mol. The van der Waals surface area contributed by atoms with E-state index in [0.29, 0.717) is 16.6 Å². The number of rotatable bonds is 2. The Balaban J connectivity index is 2.95. The normalized spacial score (nSPS) is 9.93. The van der Waals surface area contributed by atoms with E-state index >= 15 is 0 Å². The fourth-order valence-electron chi connectivity index (χ4n) is 1.06. The maximum atomic E-state index is 11.1. The molecule has 0 aliphatic heterocycles. The first-order chi connectivity index (χ1) is 6.54. The Morgan fingerprint density at radius 2 is 2.21 bits per heavy atom. The Morgan fingerprint density at radius 1 is 1.57 bits per heavy atom. The molecular weight excluding hydrogens is 246 g/mol. The zero-order chi connectivity index (χ0) is 10.7. The van der Waals surface area contributed by atoms with Gasteiger partial charge in [0.25, 0.3) is 0 Å². The fraction of sp³-hybridized carbons (Fsp3) is 0.300. The summed E-state index contributed by atoms with van der Waals surface area (Å²) >= 11 is 3.21. The zero-order valence-corrected chi connectivity index (χ0v) is 9.68. The molecule has 1 aromatic carbocycles. The molecule has 76 valence electrons. The summed E-state index contributed by atoms with van der Waals surface area (Å²) in [5.74, 6) is 0.168. The van der Waals surface area contributed by atoms with Crippen LogP contribution in [0.3, 0.4) is 0 Å². The molecule has 0 aliphatic carbocycles. The predicted molar refractivity (Wildman–Crippen MR) is 59.5 cm³/mol. The summed E-state index contributed by atoms with van der Waals surface area (Å²) in [7, 11) is 0. The highest BCUT2D eigenvalue weighted by molar-refractivity contribution is 9.10. The topological polar surface area (TPSA) is 49.3 Å². The van der Waals surface area contributed by atoms with Gasteiger partial charge in [-0.25, -0.2) is 0 Å². The number of carbonyl (C=O) groups excluding carboxylic acids is 1. The molecule has 0 aliphatic rings. The Bertz CT molecular complexity index is 340. The van der Waals surface area contributed by atoms with Gasteiger partial charge in [-0.3, -0.25) is 4.79 Å². The van der Waals surface area contributed by atoms with Gasteiger partial charge in [-0.2, -0.15) is 0 Å². The van der Waals surface area contributed by atoms with Crippen LogP contribution < -0.4 is 5.32 Å². The third-order valence-electron chi connectivity index (χ3n) is 1.86. The number of carbonyl (C=O) groups is 1. The van der Waals surface area contributed by atoms with E-state index in [2.05, 4.69) is 21.2 Å². The highest BCUT2D eigenvalue weighted by Crippen LogP contribution is 2.30. The van der Waals surface area contributed by atoms with Crippen LogP contribution in [0.4, 0.5) is 5.69 Å². The van der Waals surface area contributed by atoms with E-state index in [1.54, 1.807) is 26.0 Å². The minimum absolute atomic E-state index is 0.0398. The van der Waals surface area contributed by atoms with E-state index in [1.165, 1.54) is 0 Å². The van der Waals surface area contributed by atoms with Gasteiger partial charge in [0.2, 0.25) is 5.91 Å². The minimum Gasteiger partial charge on any atom is -0.506 e. The summed E-state index contributed by atoms with van der Waals surface area (Å²) in [4.78, 5) is 11.1. The Morgan fingerprint density at radius 3 is 2.71 bits per heavy atom. The van der Waals surface area contributed by atoms with E-state index in [0.717, 1.165) is 5.56 Å². The van der Waals surface area contributed by atoms with Gasteiger partial charge in [-0.1, -0.05) is 6.92 Å². The average Bonchev–Trinajstić information content (AvgIpc) is 2.14. The summed E-state index contributed by atoms with van der Waals surface area (Å²) in [6, 6.07) is 3.41. The first-order valence-electron chi connectivity index (χ1n) is 4.33. The number of phenols is 1. The second-order valence-corrected chi connectivity index (χ2v) is 3.88. The molecule has 0 bridgehead atoms. The molecule has 1 aromatic rings. The number of hydrogen-bond acceptors (Lipinski definition) is 2. The summed E-state index contributed by atoms with van der Waals surface area (Å²) < 4.78 is 0.587. The second-order valence-electron chi connectivity index (χ2n) is 3.03. The van der Waals surface area contributed by atoms with E-state index in [9.17, 15) is 9.90 Å². The first-order valence-corrected chi connectivity index (χ1v) is 5.13. The molecule has 0 saturated heterocycles. The van der Waals surface area contributed by atoms with Gasteiger partial charge in [-0.05, 0) is 40.5 Å². The van der Waals surface area contributed by atoms with Gasteiger partial charge in [0.15, 0.2) is 0 Å². The van der Waals surface area contributed by atoms with Gasteiger partial charge in [0.1, 0.15) is 5.75 Å². The fourth-order valence-corrected chi connectivity index (χ4v) is 1.62. The van der Waals surface area contributed by atoms with Crippen LogP contribution in [0, 0.1) is 6.92 Å². The number of phenolic OH excluding ortho intramolecular Hbond substituents is 1. The number of anilines is 1. The highest BCUT2D eigenvalue weighted by Gasteiger charge is 2.05. The molecule has 0 unspecified atom stereocenters. The molecule has 0 atom stereocenters. The SMILES string of the molecule is CCC(=O)Nc1cc(C)c(O)c(Br)c1. The van der Waals surface area contributed by atoms with Crippen molar-refractivity contribution in [2.24, 2.45) is 0 Å². The lowest BCUT2D eigenvalue weighted by molar-refractivity contribution is -0.115. The molecule has 4 heteroatoms. The molecule has 0 saturated carbocycles. The van der Waals surface area contributed by atoms with Crippen LogP contribution in [0.15, 0.2) is 16.6 Å². The summed E-state index contributed by atoms with van der Waals surface area (Å²) in [6.45, 7) is 3.57. The van der Waals surface area contributed by atoms with E-state index in [-0.39, 0.29) is 11.7 Å². The first kappa shape index (κ1) is 11.0. The van der Waals surface area contributed by atoms with Crippen molar-refractivity contribution >= 4 is 27.5 Å². The second kappa shape index (κ2) is 4.46. The summed E-state index contributed by atoms with van der Waals surface area (Å²) in [5.41, 5.74) is 1.42. The van der Waals surface area contributed by atoms with Gasteiger partial charge in [-0.15, -0.1) is 0 Å². The van der Waals surface area contributed by atoms with Crippen molar-refractivity contribution in [3.63, 3.8) is 0 Å². The van der Waals surface area contributed by atoms with Gasteiger partial charge in [0, 0.05) is 12.1 Å². The van der Waals surface area contributed by atoms with Gasteiger partial charge in [0.05, 0.1) is 4.47 Å². The lowest BCUT2D eigenvalue weighted by Crippen LogP contribution is -2.09. The lowest BCUT2D eigenvalue weighted by atomic mass is 10.2. The lowest BCUT2D eigenvalue weighted by Gasteiger charge is -2.07. The van der Waals surface area contributed by atoms with Crippen molar-refractivity contribution in [1.29, 1.82) is 0 Å². The number of aryl methyl sites for hydroxylation is 1. The molecule has 2 N–H and O–H groups in total. The van der Waals surface area contributed by atoms with Crippen LogP contribution in [0.2, 0.25) is 0 Å². The smallest absolute Gasteiger partial charge is 0.224 e. The van der Waals surface area contributed by atoms with Crippen molar-refractivity contribution in [1.82, 2.24) is 0 Å². The van der Waals surface area contributed by atoms with Crippen LogP contribution in [-0.2, 0) is 4.79 Å². The van der Waals surface area contributed by atoms with Crippen LogP contribution in [0.1, 0.15) is 18.9 Å². The summed E-state index contributed by atoms with van der Waals surface area (Å²) in [6.07, 6.45) is 0.442. The Kier molecular flexibility index (Phi) is 3.52. The minimum atomic E-state index is -0.0398. The van der Waals surface area contributed by atoms with Crippen LogP contribution >= 0.6 is 15.9 Å². The zero-order valence-electron chi connectivity index (χ0n) is 8.10. The van der Waals surface area contributed by atoms with E-state index in [1.807, 2.05) is 0 Å². The predicted octanol–water partition coefficient (Wildman–Crippen LogP) is 2.81. The molecule has 0 aromatic heterocycles. The summed E-state index contributed by atoms with van der Waals surface area (Å²) in [5, 5.41) is 12.2.